The summed E-state index contributed by atoms with van der Waals surface area (Å²) in [6.45, 7) is 0.572. The van der Waals surface area contributed by atoms with Gasteiger partial charge in [0.05, 0.1) is 18.1 Å². The summed E-state index contributed by atoms with van der Waals surface area (Å²) >= 11 is 0. The van der Waals surface area contributed by atoms with Gasteiger partial charge in [-0.1, -0.05) is 12.1 Å². The Hall–Kier alpha value is -2.95. The largest absolute Gasteiger partial charge is 0.508 e. The summed E-state index contributed by atoms with van der Waals surface area (Å²) in [7, 11) is 0. The fourth-order valence-corrected chi connectivity index (χ4v) is 1.97. The standard InChI is InChI=1S/C16H14N4O/c21-14-3-1-2-12(8-14)9-19-16-11-18-10-15(20-16)13-4-6-17-7-5-13/h1-8,10-11,21H,9H2,(H,19,20). The molecule has 21 heavy (non-hydrogen) atoms. The number of aromatic nitrogens is 3. The van der Waals surface area contributed by atoms with Crippen LogP contribution in [0.3, 0.4) is 0 Å². The van der Waals surface area contributed by atoms with Gasteiger partial charge in [-0.15, -0.1) is 0 Å². The molecule has 2 heterocycles. The third kappa shape index (κ3) is 3.33. The lowest BCUT2D eigenvalue weighted by molar-refractivity contribution is 0.474. The molecule has 2 aromatic heterocycles. The van der Waals surface area contributed by atoms with E-state index >= 15 is 0 Å². The number of nitrogens with zero attached hydrogens (tertiary/aromatic N) is 3. The zero-order chi connectivity index (χ0) is 14.5. The van der Waals surface area contributed by atoms with Gasteiger partial charge in [-0.3, -0.25) is 9.97 Å². The quantitative estimate of drug-likeness (QED) is 0.768. The van der Waals surface area contributed by atoms with Crippen molar-refractivity contribution in [2.75, 3.05) is 5.32 Å². The molecule has 3 rings (SSSR count). The van der Waals surface area contributed by atoms with E-state index in [9.17, 15) is 5.11 Å². The smallest absolute Gasteiger partial charge is 0.145 e. The van der Waals surface area contributed by atoms with Gasteiger partial charge in [0.2, 0.25) is 0 Å². The van der Waals surface area contributed by atoms with Crippen LogP contribution in [-0.2, 0) is 6.54 Å². The SMILES string of the molecule is Oc1cccc(CNc2cncc(-c3ccncc3)n2)c1. The van der Waals surface area contributed by atoms with Crippen LogP contribution in [0.25, 0.3) is 11.3 Å². The summed E-state index contributed by atoms with van der Waals surface area (Å²) in [5.41, 5.74) is 2.74. The van der Waals surface area contributed by atoms with E-state index < -0.39 is 0 Å². The van der Waals surface area contributed by atoms with Crippen LogP contribution in [0, 0.1) is 0 Å². The molecule has 0 unspecified atom stereocenters. The predicted molar refractivity (Wildman–Crippen MR) is 80.7 cm³/mol. The molecule has 5 nitrogen and oxygen atoms in total. The van der Waals surface area contributed by atoms with E-state index in [2.05, 4.69) is 20.3 Å². The topological polar surface area (TPSA) is 70.9 Å². The molecule has 0 atom stereocenters. The van der Waals surface area contributed by atoms with Crippen LogP contribution in [0.15, 0.2) is 61.2 Å². The van der Waals surface area contributed by atoms with Gasteiger partial charge >= 0.3 is 0 Å². The number of phenols is 1. The van der Waals surface area contributed by atoms with Crippen molar-refractivity contribution in [3.05, 3.63) is 66.7 Å². The van der Waals surface area contributed by atoms with Crippen LogP contribution in [-0.4, -0.2) is 20.1 Å². The number of phenolic OH excluding ortho intramolecular Hbond substituents is 1. The van der Waals surface area contributed by atoms with Crippen LogP contribution in [0.1, 0.15) is 5.56 Å². The zero-order valence-corrected chi connectivity index (χ0v) is 11.3. The molecular weight excluding hydrogens is 264 g/mol. The van der Waals surface area contributed by atoms with E-state index in [-0.39, 0.29) is 5.75 Å². The first-order chi connectivity index (χ1) is 10.3. The van der Waals surface area contributed by atoms with E-state index in [0.717, 1.165) is 16.8 Å². The van der Waals surface area contributed by atoms with Gasteiger partial charge in [0.15, 0.2) is 0 Å². The summed E-state index contributed by atoms with van der Waals surface area (Å²) in [5, 5.41) is 12.6. The molecule has 2 N–H and O–H groups in total. The Bertz CT molecular complexity index is 731. The number of aromatic hydroxyl groups is 1. The third-order valence-electron chi connectivity index (χ3n) is 2.99. The second-order valence-corrected chi connectivity index (χ2v) is 4.55. The molecule has 0 spiro atoms. The Morgan fingerprint density at radius 1 is 1.00 bits per heavy atom. The van der Waals surface area contributed by atoms with Gasteiger partial charge in [0.25, 0.3) is 0 Å². The maximum Gasteiger partial charge on any atom is 0.145 e. The predicted octanol–water partition coefficient (Wildman–Crippen LogP) is 2.86. The van der Waals surface area contributed by atoms with E-state index in [1.165, 1.54) is 0 Å². The first-order valence-corrected chi connectivity index (χ1v) is 6.55. The molecule has 0 aliphatic heterocycles. The first-order valence-electron chi connectivity index (χ1n) is 6.55. The summed E-state index contributed by atoms with van der Waals surface area (Å²) in [6, 6.07) is 10.9. The van der Waals surface area contributed by atoms with E-state index in [0.29, 0.717) is 12.4 Å². The average Bonchev–Trinajstić information content (AvgIpc) is 2.54. The number of rotatable bonds is 4. The van der Waals surface area contributed by atoms with Crippen molar-refractivity contribution in [3.63, 3.8) is 0 Å². The Labute approximate surface area is 122 Å². The van der Waals surface area contributed by atoms with Gasteiger partial charge < -0.3 is 10.4 Å². The molecule has 0 saturated carbocycles. The molecule has 3 aromatic rings. The number of hydrogen-bond acceptors (Lipinski definition) is 5. The summed E-state index contributed by atoms with van der Waals surface area (Å²) in [4.78, 5) is 12.7. The maximum absolute atomic E-state index is 9.44. The van der Waals surface area contributed by atoms with Crippen LogP contribution >= 0.6 is 0 Å². The van der Waals surface area contributed by atoms with Crippen LogP contribution in [0.2, 0.25) is 0 Å². The summed E-state index contributed by atoms with van der Waals surface area (Å²) in [5.74, 6) is 0.943. The van der Waals surface area contributed by atoms with E-state index in [1.807, 2.05) is 24.3 Å². The Morgan fingerprint density at radius 2 is 1.86 bits per heavy atom. The third-order valence-corrected chi connectivity index (χ3v) is 2.99. The molecule has 1 aromatic carbocycles. The van der Waals surface area contributed by atoms with E-state index in [1.54, 1.807) is 36.9 Å². The highest BCUT2D eigenvalue weighted by Gasteiger charge is 2.02. The molecule has 5 heteroatoms. The molecular formula is C16H14N4O. The number of anilines is 1. The Morgan fingerprint density at radius 3 is 2.67 bits per heavy atom. The van der Waals surface area contributed by atoms with Crippen molar-refractivity contribution in [3.8, 4) is 17.0 Å². The molecule has 0 fully saturated rings. The van der Waals surface area contributed by atoms with Crippen LogP contribution in [0.4, 0.5) is 5.82 Å². The van der Waals surface area contributed by atoms with Crippen molar-refractivity contribution in [1.29, 1.82) is 0 Å². The first kappa shape index (κ1) is 13.1. The van der Waals surface area contributed by atoms with Crippen molar-refractivity contribution in [2.24, 2.45) is 0 Å². The average molecular weight is 278 g/mol. The number of benzene rings is 1. The molecule has 0 amide bonds. The molecule has 0 saturated heterocycles. The molecule has 0 bridgehead atoms. The van der Waals surface area contributed by atoms with Crippen LogP contribution < -0.4 is 5.32 Å². The minimum absolute atomic E-state index is 0.255. The molecule has 0 radical (unpaired) electrons. The van der Waals surface area contributed by atoms with Gasteiger partial charge in [0, 0.05) is 24.5 Å². The Kier molecular flexibility index (Phi) is 3.73. The fourth-order valence-electron chi connectivity index (χ4n) is 1.97. The normalized spacial score (nSPS) is 10.3. The lowest BCUT2D eigenvalue weighted by Crippen LogP contribution is -2.02. The highest BCUT2D eigenvalue weighted by molar-refractivity contribution is 5.58. The second kappa shape index (κ2) is 6.00. The van der Waals surface area contributed by atoms with Gasteiger partial charge in [-0.2, -0.15) is 0 Å². The fraction of sp³-hybridized carbons (Fsp3) is 0.0625. The number of nitrogens with one attached hydrogen (secondary N) is 1. The summed E-state index contributed by atoms with van der Waals surface area (Å²) in [6.07, 6.45) is 6.84. The van der Waals surface area contributed by atoms with Crippen molar-refractivity contribution in [2.45, 2.75) is 6.54 Å². The monoisotopic (exact) mass is 278 g/mol. The van der Waals surface area contributed by atoms with Gasteiger partial charge in [0.1, 0.15) is 11.6 Å². The van der Waals surface area contributed by atoms with Crippen LogP contribution in [0.5, 0.6) is 5.75 Å². The van der Waals surface area contributed by atoms with Gasteiger partial charge in [-0.25, -0.2) is 4.98 Å². The molecule has 0 aliphatic rings. The summed E-state index contributed by atoms with van der Waals surface area (Å²) < 4.78 is 0. The van der Waals surface area contributed by atoms with Crippen molar-refractivity contribution < 1.29 is 5.11 Å². The Balaban J connectivity index is 1.75. The highest BCUT2D eigenvalue weighted by atomic mass is 16.3. The van der Waals surface area contributed by atoms with E-state index in [4.69, 9.17) is 0 Å². The minimum Gasteiger partial charge on any atom is -0.508 e. The number of hydrogen-bond donors (Lipinski definition) is 2. The van der Waals surface area contributed by atoms with Gasteiger partial charge in [-0.05, 0) is 29.8 Å². The van der Waals surface area contributed by atoms with Crippen molar-refractivity contribution in [1.82, 2.24) is 15.0 Å². The zero-order valence-electron chi connectivity index (χ0n) is 11.3. The lowest BCUT2D eigenvalue weighted by atomic mass is 10.2. The second-order valence-electron chi connectivity index (χ2n) is 4.55. The molecule has 104 valence electrons. The lowest BCUT2D eigenvalue weighted by Gasteiger charge is -2.07. The molecule has 0 aliphatic carbocycles. The maximum atomic E-state index is 9.44. The minimum atomic E-state index is 0.255. The van der Waals surface area contributed by atoms with Crippen molar-refractivity contribution >= 4 is 5.82 Å². The number of pyridine rings is 1. The highest BCUT2D eigenvalue weighted by Crippen LogP contribution is 2.17.